The quantitative estimate of drug-likeness (QED) is 0.643. The minimum absolute atomic E-state index is 0.0974. The summed E-state index contributed by atoms with van der Waals surface area (Å²) in [6.07, 6.45) is -4.13. The number of rotatable bonds is 6. The molecule has 0 radical (unpaired) electrons. The number of carbonyl (C=O) groups excluding carboxylic acids is 2. The van der Waals surface area contributed by atoms with Crippen molar-refractivity contribution in [1.29, 1.82) is 5.26 Å². The first-order chi connectivity index (χ1) is 10.8. The van der Waals surface area contributed by atoms with E-state index < -0.39 is 35.2 Å². The molecule has 0 aliphatic carbocycles. The highest BCUT2D eigenvalue weighted by atomic mass is 19.4. The van der Waals surface area contributed by atoms with E-state index in [1.54, 1.807) is 0 Å². The second-order valence-corrected chi connectivity index (χ2v) is 4.64. The number of amides is 1. The first kappa shape index (κ1) is 18.5. The number of halogens is 3. The molecular weight excluding hydrogens is 313 g/mol. The summed E-state index contributed by atoms with van der Waals surface area (Å²) >= 11 is 0. The molecule has 1 rings (SSSR count). The molecule has 0 aliphatic heterocycles. The standard InChI is InChI=1S/C15H15F3N2O3/c1-23-14(22)12(8-4-5-9-19)20-13(21)10-6-2-3-7-11(10)15(16,17)18/h2-3,6-7,12H,4-5,8H2,1H3,(H,20,21)/t12-/m1/s1. The summed E-state index contributed by atoms with van der Waals surface area (Å²) in [5.74, 6) is -1.80. The van der Waals surface area contributed by atoms with Crippen LogP contribution in [0.3, 0.4) is 0 Å². The molecule has 5 nitrogen and oxygen atoms in total. The van der Waals surface area contributed by atoms with Crippen molar-refractivity contribution in [2.24, 2.45) is 0 Å². The Bertz CT molecular complexity index is 609. The average Bonchev–Trinajstić information content (AvgIpc) is 2.52. The van der Waals surface area contributed by atoms with Crippen LogP contribution in [0.2, 0.25) is 0 Å². The molecule has 0 saturated heterocycles. The zero-order chi connectivity index (χ0) is 17.5. The van der Waals surface area contributed by atoms with E-state index in [4.69, 9.17) is 5.26 Å². The van der Waals surface area contributed by atoms with E-state index >= 15 is 0 Å². The summed E-state index contributed by atoms with van der Waals surface area (Å²) < 4.78 is 43.3. The molecule has 124 valence electrons. The SMILES string of the molecule is COC(=O)[C@@H](CCCC#N)NC(=O)c1ccccc1C(F)(F)F. The van der Waals surface area contributed by atoms with Crippen molar-refractivity contribution >= 4 is 11.9 Å². The predicted octanol–water partition coefficient (Wildman–Crippen LogP) is 2.67. The van der Waals surface area contributed by atoms with Gasteiger partial charge in [-0.25, -0.2) is 4.79 Å². The van der Waals surface area contributed by atoms with Crippen LogP contribution in [0.15, 0.2) is 24.3 Å². The molecule has 23 heavy (non-hydrogen) atoms. The predicted molar refractivity (Wildman–Crippen MR) is 74.2 cm³/mol. The molecule has 1 aromatic carbocycles. The highest BCUT2D eigenvalue weighted by Crippen LogP contribution is 2.31. The Morgan fingerprint density at radius 3 is 2.57 bits per heavy atom. The molecule has 1 N–H and O–H groups in total. The number of nitrogens with one attached hydrogen (secondary N) is 1. The molecule has 0 heterocycles. The van der Waals surface area contributed by atoms with Crippen LogP contribution >= 0.6 is 0 Å². The second kappa shape index (κ2) is 8.17. The lowest BCUT2D eigenvalue weighted by molar-refractivity contribution is -0.143. The van der Waals surface area contributed by atoms with Crippen LogP contribution in [0.4, 0.5) is 13.2 Å². The lowest BCUT2D eigenvalue weighted by atomic mass is 10.0. The van der Waals surface area contributed by atoms with E-state index in [1.807, 2.05) is 6.07 Å². The third-order valence-electron chi connectivity index (χ3n) is 3.05. The van der Waals surface area contributed by atoms with Crippen LogP contribution in [0.25, 0.3) is 0 Å². The van der Waals surface area contributed by atoms with Crippen LogP contribution in [-0.4, -0.2) is 25.0 Å². The zero-order valence-electron chi connectivity index (χ0n) is 12.3. The molecule has 0 unspecified atom stereocenters. The molecule has 0 bridgehead atoms. The van der Waals surface area contributed by atoms with E-state index in [1.165, 1.54) is 12.1 Å². The fourth-order valence-electron chi connectivity index (χ4n) is 1.94. The number of hydrogen-bond acceptors (Lipinski definition) is 4. The fourth-order valence-corrected chi connectivity index (χ4v) is 1.94. The van der Waals surface area contributed by atoms with Crippen molar-refractivity contribution < 1.29 is 27.5 Å². The van der Waals surface area contributed by atoms with Crippen LogP contribution in [-0.2, 0) is 15.7 Å². The molecule has 0 saturated carbocycles. The number of ether oxygens (including phenoxy) is 1. The van der Waals surface area contributed by atoms with Gasteiger partial charge in [0.15, 0.2) is 0 Å². The molecule has 0 aromatic heterocycles. The number of benzene rings is 1. The molecule has 8 heteroatoms. The van der Waals surface area contributed by atoms with Crippen LogP contribution in [0.1, 0.15) is 35.2 Å². The average molecular weight is 328 g/mol. The number of nitrogens with zero attached hydrogens (tertiary/aromatic N) is 1. The first-order valence-electron chi connectivity index (χ1n) is 6.73. The van der Waals surface area contributed by atoms with E-state index in [0.29, 0.717) is 6.42 Å². The van der Waals surface area contributed by atoms with Crippen molar-refractivity contribution in [1.82, 2.24) is 5.32 Å². The Morgan fingerprint density at radius 1 is 1.35 bits per heavy atom. The minimum Gasteiger partial charge on any atom is -0.467 e. The van der Waals surface area contributed by atoms with Gasteiger partial charge in [0.05, 0.1) is 24.3 Å². The van der Waals surface area contributed by atoms with Crippen molar-refractivity contribution in [2.75, 3.05) is 7.11 Å². The largest absolute Gasteiger partial charge is 0.467 e. The summed E-state index contributed by atoms with van der Waals surface area (Å²) in [5, 5.41) is 10.7. The van der Waals surface area contributed by atoms with E-state index in [-0.39, 0.29) is 12.8 Å². The van der Waals surface area contributed by atoms with Crippen LogP contribution in [0.5, 0.6) is 0 Å². The van der Waals surface area contributed by atoms with Gasteiger partial charge in [-0.15, -0.1) is 0 Å². The van der Waals surface area contributed by atoms with Crippen molar-refractivity contribution in [3.05, 3.63) is 35.4 Å². The highest BCUT2D eigenvalue weighted by Gasteiger charge is 2.35. The smallest absolute Gasteiger partial charge is 0.417 e. The Kier molecular flexibility index (Phi) is 6.57. The monoisotopic (exact) mass is 328 g/mol. The molecule has 0 spiro atoms. The Hall–Kier alpha value is -2.56. The Balaban J connectivity index is 2.95. The van der Waals surface area contributed by atoms with E-state index in [0.717, 1.165) is 19.2 Å². The molecule has 1 atom stereocenters. The lowest BCUT2D eigenvalue weighted by Gasteiger charge is -2.18. The maximum atomic E-state index is 12.9. The molecule has 0 aliphatic rings. The summed E-state index contributed by atoms with van der Waals surface area (Å²) in [4.78, 5) is 23.7. The number of alkyl halides is 3. The number of nitriles is 1. The van der Waals surface area contributed by atoms with Gasteiger partial charge in [0, 0.05) is 6.42 Å². The lowest BCUT2D eigenvalue weighted by Crippen LogP contribution is -2.42. The van der Waals surface area contributed by atoms with Crippen LogP contribution < -0.4 is 5.32 Å². The summed E-state index contributed by atoms with van der Waals surface area (Å²) in [6.45, 7) is 0. The van der Waals surface area contributed by atoms with Gasteiger partial charge in [-0.2, -0.15) is 18.4 Å². The van der Waals surface area contributed by atoms with Gasteiger partial charge in [-0.05, 0) is 25.0 Å². The first-order valence-corrected chi connectivity index (χ1v) is 6.73. The summed E-state index contributed by atoms with van der Waals surface area (Å²) in [6, 6.07) is 5.06. The van der Waals surface area contributed by atoms with Gasteiger partial charge in [0.1, 0.15) is 6.04 Å². The maximum absolute atomic E-state index is 12.9. The third kappa shape index (κ3) is 5.29. The van der Waals surface area contributed by atoms with Gasteiger partial charge >= 0.3 is 12.1 Å². The minimum atomic E-state index is -4.69. The Morgan fingerprint density at radius 2 is 2.00 bits per heavy atom. The highest BCUT2D eigenvalue weighted by molar-refractivity contribution is 5.98. The normalized spacial score (nSPS) is 12.1. The van der Waals surface area contributed by atoms with Gasteiger partial charge in [-0.3, -0.25) is 4.79 Å². The third-order valence-corrected chi connectivity index (χ3v) is 3.05. The number of carbonyl (C=O) groups is 2. The van der Waals surface area contributed by atoms with Gasteiger partial charge in [0.2, 0.25) is 0 Å². The Labute approximate surface area is 131 Å². The molecule has 0 fully saturated rings. The number of unbranched alkanes of at least 4 members (excludes halogenated alkanes) is 1. The zero-order valence-corrected chi connectivity index (χ0v) is 12.3. The fraction of sp³-hybridized carbons (Fsp3) is 0.400. The molecular formula is C15H15F3N2O3. The second-order valence-electron chi connectivity index (χ2n) is 4.64. The number of hydrogen-bond donors (Lipinski definition) is 1. The summed E-state index contributed by atoms with van der Waals surface area (Å²) in [7, 11) is 1.11. The van der Waals surface area contributed by atoms with E-state index in [2.05, 4.69) is 10.1 Å². The van der Waals surface area contributed by atoms with Crippen molar-refractivity contribution in [3.8, 4) is 6.07 Å². The number of esters is 1. The molecule has 1 amide bonds. The van der Waals surface area contributed by atoms with Crippen molar-refractivity contribution in [2.45, 2.75) is 31.5 Å². The molecule has 1 aromatic rings. The van der Waals surface area contributed by atoms with E-state index in [9.17, 15) is 22.8 Å². The topological polar surface area (TPSA) is 79.2 Å². The number of methoxy groups -OCH3 is 1. The van der Waals surface area contributed by atoms with Gasteiger partial charge in [-0.1, -0.05) is 12.1 Å². The van der Waals surface area contributed by atoms with Gasteiger partial charge < -0.3 is 10.1 Å². The van der Waals surface area contributed by atoms with Crippen LogP contribution in [0, 0.1) is 11.3 Å². The van der Waals surface area contributed by atoms with Gasteiger partial charge in [0.25, 0.3) is 5.91 Å². The summed E-state index contributed by atoms with van der Waals surface area (Å²) in [5.41, 5.74) is -1.66. The maximum Gasteiger partial charge on any atom is 0.417 e. The van der Waals surface area contributed by atoms with Crippen molar-refractivity contribution in [3.63, 3.8) is 0 Å².